The highest BCUT2D eigenvalue weighted by molar-refractivity contribution is 6.32. The number of benzene rings is 1. The molecule has 0 N–H and O–H groups in total. The van der Waals surface area contributed by atoms with Crippen molar-refractivity contribution in [2.45, 2.75) is 19.3 Å². The first-order valence-corrected chi connectivity index (χ1v) is 8.79. The van der Waals surface area contributed by atoms with E-state index in [9.17, 15) is 18.0 Å². The minimum absolute atomic E-state index is 0.231. The van der Waals surface area contributed by atoms with Crippen LogP contribution in [0.5, 0.6) is 5.75 Å². The zero-order valence-corrected chi connectivity index (χ0v) is 15.1. The van der Waals surface area contributed by atoms with Crippen LogP contribution >= 0.6 is 11.6 Å². The molecule has 0 spiro atoms. The Balaban J connectivity index is 1.62. The molecule has 0 aliphatic carbocycles. The van der Waals surface area contributed by atoms with Gasteiger partial charge in [0.05, 0.1) is 17.8 Å². The predicted molar refractivity (Wildman–Crippen MR) is 92.6 cm³/mol. The van der Waals surface area contributed by atoms with Crippen LogP contribution in [0, 0.1) is 0 Å². The quantitative estimate of drug-likeness (QED) is 0.769. The monoisotopic (exact) mass is 402 g/mol. The lowest BCUT2D eigenvalue weighted by molar-refractivity contribution is -0.274. The second-order valence-corrected chi connectivity index (χ2v) is 6.60. The normalized spacial score (nSPS) is 16.2. The van der Waals surface area contributed by atoms with Gasteiger partial charge in [-0.05, 0) is 36.8 Å². The summed E-state index contributed by atoms with van der Waals surface area (Å²) in [5.41, 5.74) is 0.231. The number of nitrogens with zero attached hydrogens (tertiary/aromatic N) is 2. The first-order valence-electron chi connectivity index (χ1n) is 8.41. The molecule has 0 radical (unpaired) electrons. The predicted octanol–water partition coefficient (Wildman–Crippen LogP) is 4.18. The highest BCUT2D eigenvalue weighted by Gasteiger charge is 2.32. The molecule has 1 saturated heterocycles. The van der Waals surface area contributed by atoms with Gasteiger partial charge in [0.2, 0.25) is 0 Å². The number of hydrogen-bond donors (Lipinski definition) is 0. The molecule has 0 bridgehead atoms. The summed E-state index contributed by atoms with van der Waals surface area (Å²) in [6.45, 7) is 3.24. The molecular weight excluding hydrogens is 385 g/mol. The summed E-state index contributed by atoms with van der Waals surface area (Å²) in [6.07, 6.45) is -2.42. The van der Waals surface area contributed by atoms with E-state index in [1.807, 2.05) is 12.1 Å². The number of carbonyl (C=O) groups is 1. The molecule has 9 heteroatoms. The van der Waals surface area contributed by atoms with Crippen LogP contribution in [0.3, 0.4) is 0 Å². The van der Waals surface area contributed by atoms with E-state index in [-0.39, 0.29) is 16.5 Å². The third-order valence-corrected chi connectivity index (χ3v) is 4.54. The lowest BCUT2D eigenvalue weighted by atomic mass is 10.2. The molecular formula is C18H18ClF3N2O3. The van der Waals surface area contributed by atoms with E-state index in [0.717, 1.165) is 24.8 Å². The van der Waals surface area contributed by atoms with Crippen LogP contribution in [0.4, 0.5) is 13.2 Å². The molecule has 5 nitrogen and oxygen atoms in total. The van der Waals surface area contributed by atoms with Crippen LogP contribution < -0.4 is 4.74 Å². The molecule has 3 rings (SSSR count). The number of alkyl halides is 3. The van der Waals surface area contributed by atoms with Crippen molar-refractivity contribution >= 4 is 17.5 Å². The fourth-order valence-electron chi connectivity index (χ4n) is 2.98. The van der Waals surface area contributed by atoms with E-state index in [1.165, 1.54) is 12.1 Å². The number of hydrogen-bond acceptors (Lipinski definition) is 4. The topological polar surface area (TPSA) is 45.9 Å². The van der Waals surface area contributed by atoms with Crippen molar-refractivity contribution in [2.24, 2.45) is 0 Å². The minimum Gasteiger partial charge on any atom is -0.468 e. The summed E-state index contributed by atoms with van der Waals surface area (Å²) in [5.74, 6) is 0.0679. The molecule has 27 heavy (non-hydrogen) atoms. The molecule has 1 aliphatic heterocycles. The van der Waals surface area contributed by atoms with Crippen molar-refractivity contribution in [2.75, 3.05) is 26.2 Å². The maximum Gasteiger partial charge on any atom is 0.573 e. The van der Waals surface area contributed by atoms with Gasteiger partial charge in [0.1, 0.15) is 11.5 Å². The van der Waals surface area contributed by atoms with Crippen molar-refractivity contribution in [1.82, 2.24) is 9.80 Å². The molecule has 1 amide bonds. The number of halogens is 4. The van der Waals surface area contributed by atoms with Crippen LogP contribution in [-0.2, 0) is 6.54 Å². The first-order chi connectivity index (χ1) is 12.8. The number of ether oxygens (including phenoxy) is 1. The Morgan fingerprint density at radius 3 is 2.67 bits per heavy atom. The Hall–Kier alpha value is -2.19. The number of rotatable bonds is 4. The van der Waals surface area contributed by atoms with Gasteiger partial charge in [0, 0.05) is 31.7 Å². The zero-order valence-electron chi connectivity index (χ0n) is 14.3. The van der Waals surface area contributed by atoms with Crippen LogP contribution in [0.2, 0.25) is 5.02 Å². The average molecular weight is 403 g/mol. The molecule has 0 atom stereocenters. The van der Waals surface area contributed by atoms with E-state index >= 15 is 0 Å². The van der Waals surface area contributed by atoms with Crippen LogP contribution in [0.15, 0.2) is 41.0 Å². The Labute approximate surface area is 159 Å². The Bertz CT molecular complexity index is 781. The van der Waals surface area contributed by atoms with E-state index in [4.69, 9.17) is 16.0 Å². The van der Waals surface area contributed by atoms with Gasteiger partial charge < -0.3 is 14.1 Å². The summed E-state index contributed by atoms with van der Waals surface area (Å²) in [4.78, 5) is 16.6. The molecule has 146 valence electrons. The van der Waals surface area contributed by atoms with E-state index in [2.05, 4.69) is 9.64 Å². The van der Waals surface area contributed by atoms with Crippen molar-refractivity contribution in [1.29, 1.82) is 0 Å². The van der Waals surface area contributed by atoms with Crippen molar-refractivity contribution in [3.63, 3.8) is 0 Å². The summed E-state index contributed by atoms with van der Waals surface area (Å²) in [7, 11) is 0. The summed E-state index contributed by atoms with van der Waals surface area (Å²) in [6, 6.07) is 7.29. The van der Waals surface area contributed by atoms with Crippen LogP contribution in [0.1, 0.15) is 22.5 Å². The second-order valence-electron chi connectivity index (χ2n) is 6.19. The molecule has 2 aromatic rings. The van der Waals surface area contributed by atoms with Gasteiger partial charge in [0.25, 0.3) is 5.91 Å². The van der Waals surface area contributed by atoms with Gasteiger partial charge in [0.15, 0.2) is 0 Å². The zero-order chi connectivity index (χ0) is 19.4. The molecule has 0 saturated carbocycles. The van der Waals surface area contributed by atoms with Gasteiger partial charge in [-0.15, -0.1) is 13.2 Å². The van der Waals surface area contributed by atoms with Gasteiger partial charge in [-0.25, -0.2) is 0 Å². The largest absolute Gasteiger partial charge is 0.573 e. The molecule has 2 heterocycles. The maximum absolute atomic E-state index is 12.7. The molecule has 1 aliphatic rings. The summed E-state index contributed by atoms with van der Waals surface area (Å²) >= 11 is 5.84. The van der Waals surface area contributed by atoms with Crippen LogP contribution in [0.25, 0.3) is 0 Å². The lowest BCUT2D eigenvalue weighted by Crippen LogP contribution is -2.35. The standard InChI is InChI=1S/C18H18ClF3N2O3/c19-15-11-13(4-5-16(15)27-18(20,21)22)17(25)24-7-2-6-23(8-9-24)12-14-3-1-10-26-14/h1,3-5,10-11H,2,6-9,12H2. The Morgan fingerprint density at radius 1 is 1.19 bits per heavy atom. The second kappa shape index (κ2) is 8.22. The molecule has 1 aromatic heterocycles. The molecule has 1 fully saturated rings. The van der Waals surface area contributed by atoms with E-state index < -0.39 is 12.1 Å². The number of furan rings is 1. The third kappa shape index (κ3) is 5.40. The SMILES string of the molecule is O=C(c1ccc(OC(F)(F)F)c(Cl)c1)N1CCCN(Cc2ccco2)CC1. The average Bonchev–Trinajstić information content (AvgIpc) is 2.99. The minimum atomic E-state index is -4.84. The summed E-state index contributed by atoms with van der Waals surface area (Å²) in [5, 5.41) is -0.257. The van der Waals surface area contributed by atoms with E-state index in [1.54, 1.807) is 11.2 Å². The molecule has 0 unspecified atom stereocenters. The van der Waals surface area contributed by atoms with Crippen LogP contribution in [-0.4, -0.2) is 48.2 Å². The van der Waals surface area contributed by atoms with Gasteiger partial charge >= 0.3 is 6.36 Å². The van der Waals surface area contributed by atoms with Crippen molar-refractivity contribution < 1.29 is 27.1 Å². The highest BCUT2D eigenvalue weighted by Crippen LogP contribution is 2.31. The van der Waals surface area contributed by atoms with Crippen molar-refractivity contribution in [3.05, 3.63) is 52.9 Å². The van der Waals surface area contributed by atoms with Crippen molar-refractivity contribution in [3.8, 4) is 5.75 Å². The Morgan fingerprint density at radius 2 is 2.00 bits per heavy atom. The number of amides is 1. The number of carbonyl (C=O) groups excluding carboxylic acids is 1. The van der Waals surface area contributed by atoms with E-state index in [0.29, 0.717) is 26.2 Å². The van der Waals surface area contributed by atoms with Gasteiger partial charge in [-0.2, -0.15) is 0 Å². The van der Waals surface area contributed by atoms with Gasteiger partial charge in [-0.1, -0.05) is 11.6 Å². The lowest BCUT2D eigenvalue weighted by Gasteiger charge is -2.22. The maximum atomic E-state index is 12.7. The summed E-state index contributed by atoms with van der Waals surface area (Å²) < 4.78 is 46.1. The fraction of sp³-hybridized carbons (Fsp3) is 0.389. The smallest absolute Gasteiger partial charge is 0.468 e. The molecule has 1 aromatic carbocycles. The first kappa shape index (κ1) is 19.6. The highest BCUT2D eigenvalue weighted by atomic mass is 35.5. The third-order valence-electron chi connectivity index (χ3n) is 4.24. The fourth-order valence-corrected chi connectivity index (χ4v) is 3.20. The Kier molecular flexibility index (Phi) is 5.96. The van der Waals surface area contributed by atoms with Gasteiger partial charge in [-0.3, -0.25) is 9.69 Å².